The molecular weight excluding hydrogens is 216 g/mol. The highest BCUT2D eigenvalue weighted by Crippen LogP contribution is 2.10. The Labute approximate surface area is 102 Å². The van der Waals surface area contributed by atoms with Crippen molar-refractivity contribution in [1.82, 2.24) is 4.90 Å². The van der Waals surface area contributed by atoms with Gasteiger partial charge in [-0.25, -0.2) is 0 Å². The molecule has 1 aromatic carbocycles. The van der Waals surface area contributed by atoms with E-state index in [2.05, 4.69) is 53.2 Å². The zero-order chi connectivity index (χ0) is 11.2. The van der Waals surface area contributed by atoms with E-state index >= 15 is 0 Å². The van der Waals surface area contributed by atoms with Crippen molar-refractivity contribution in [3.63, 3.8) is 0 Å². The molecule has 1 N–H and O–H groups in total. The summed E-state index contributed by atoms with van der Waals surface area (Å²) in [6, 6.07) is 8.61. The summed E-state index contributed by atoms with van der Waals surface area (Å²) in [7, 11) is 0. The van der Waals surface area contributed by atoms with Crippen molar-refractivity contribution in [2.45, 2.75) is 6.92 Å². The Kier molecular flexibility index (Phi) is 4.55. The maximum atomic E-state index is 3.47. The maximum Gasteiger partial charge on any atom is 0.0340 e. The molecule has 1 heterocycles. The van der Waals surface area contributed by atoms with Crippen molar-refractivity contribution in [2.24, 2.45) is 0 Å². The van der Waals surface area contributed by atoms with Gasteiger partial charge in [0.15, 0.2) is 0 Å². The molecule has 3 heteroatoms. The zero-order valence-electron chi connectivity index (χ0n) is 9.91. The lowest BCUT2D eigenvalue weighted by Gasteiger charge is -2.26. The second-order valence-electron chi connectivity index (χ2n) is 4.25. The van der Waals surface area contributed by atoms with Crippen molar-refractivity contribution in [3.8, 4) is 0 Å². The fourth-order valence-electron chi connectivity index (χ4n) is 1.85. The second-order valence-corrected chi connectivity index (χ2v) is 5.47. The minimum absolute atomic E-state index is 1.05. The molecule has 0 unspecified atom stereocenters. The first kappa shape index (κ1) is 11.8. The summed E-state index contributed by atoms with van der Waals surface area (Å²) in [5.74, 6) is 2.59. The molecule has 1 aromatic rings. The van der Waals surface area contributed by atoms with Gasteiger partial charge in [0.2, 0.25) is 0 Å². The van der Waals surface area contributed by atoms with Crippen molar-refractivity contribution >= 4 is 17.4 Å². The number of aryl methyl sites for hydroxylation is 1. The Morgan fingerprint density at radius 1 is 1.19 bits per heavy atom. The molecule has 0 radical (unpaired) electrons. The number of hydrogen-bond donors (Lipinski definition) is 1. The molecule has 0 aromatic heterocycles. The SMILES string of the molecule is Cc1ccc(NCCN2CCSCC2)cc1. The predicted molar refractivity (Wildman–Crippen MR) is 73.4 cm³/mol. The lowest BCUT2D eigenvalue weighted by Crippen LogP contribution is -2.36. The molecule has 0 bridgehead atoms. The van der Waals surface area contributed by atoms with Crippen molar-refractivity contribution in [2.75, 3.05) is 43.0 Å². The van der Waals surface area contributed by atoms with Gasteiger partial charge in [-0.2, -0.15) is 11.8 Å². The largest absolute Gasteiger partial charge is 0.384 e. The summed E-state index contributed by atoms with van der Waals surface area (Å²) in [5, 5.41) is 3.47. The molecule has 1 saturated heterocycles. The number of hydrogen-bond acceptors (Lipinski definition) is 3. The van der Waals surface area contributed by atoms with Crippen LogP contribution in [0.2, 0.25) is 0 Å². The molecule has 1 aliphatic heterocycles. The lowest BCUT2D eigenvalue weighted by molar-refractivity contribution is 0.314. The molecular formula is C13H20N2S. The van der Waals surface area contributed by atoms with Crippen LogP contribution in [-0.2, 0) is 0 Å². The Balaban J connectivity index is 1.69. The summed E-state index contributed by atoms with van der Waals surface area (Å²) in [4.78, 5) is 2.54. The summed E-state index contributed by atoms with van der Waals surface area (Å²) in [6.07, 6.45) is 0. The van der Waals surface area contributed by atoms with Crippen LogP contribution in [0, 0.1) is 6.92 Å². The van der Waals surface area contributed by atoms with Crippen LogP contribution >= 0.6 is 11.8 Å². The molecule has 16 heavy (non-hydrogen) atoms. The first-order valence-corrected chi connectivity index (χ1v) is 7.11. The van der Waals surface area contributed by atoms with Crippen LogP contribution in [0.4, 0.5) is 5.69 Å². The van der Waals surface area contributed by atoms with E-state index in [9.17, 15) is 0 Å². The van der Waals surface area contributed by atoms with Gasteiger partial charge in [-0.1, -0.05) is 17.7 Å². The lowest BCUT2D eigenvalue weighted by atomic mass is 10.2. The van der Waals surface area contributed by atoms with Gasteiger partial charge in [0.05, 0.1) is 0 Å². The highest BCUT2D eigenvalue weighted by atomic mass is 32.2. The molecule has 0 saturated carbocycles. The van der Waals surface area contributed by atoms with E-state index in [1.807, 2.05) is 0 Å². The molecule has 2 rings (SSSR count). The van der Waals surface area contributed by atoms with Crippen LogP contribution in [0.1, 0.15) is 5.56 Å². The van der Waals surface area contributed by atoms with Crippen molar-refractivity contribution in [1.29, 1.82) is 0 Å². The summed E-state index contributed by atoms with van der Waals surface area (Å²) in [6.45, 7) is 6.83. The van der Waals surface area contributed by atoms with Gasteiger partial charge in [0, 0.05) is 43.4 Å². The third kappa shape index (κ3) is 3.72. The standard InChI is InChI=1S/C13H20N2S/c1-12-2-4-13(5-3-12)14-6-7-15-8-10-16-11-9-15/h2-5,14H,6-11H2,1H3. The Hall–Kier alpha value is -0.670. The normalized spacial score (nSPS) is 17.3. The number of benzene rings is 1. The molecule has 1 aliphatic rings. The van der Waals surface area contributed by atoms with E-state index < -0.39 is 0 Å². The zero-order valence-corrected chi connectivity index (χ0v) is 10.7. The highest BCUT2D eigenvalue weighted by molar-refractivity contribution is 7.99. The molecule has 0 amide bonds. The van der Waals surface area contributed by atoms with E-state index in [0.717, 1.165) is 13.1 Å². The molecule has 88 valence electrons. The molecule has 0 atom stereocenters. The van der Waals surface area contributed by atoms with Gasteiger partial charge >= 0.3 is 0 Å². The third-order valence-electron chi connectivity index (χ3n) is 2.91. The minimum atomic E-state index is 1.05. The fourth-order valence-corrected chi connectivity index (χ4v) is 2.83. The van der Waals surface area contributed by atoms with Crippen molar-refractivity contribution < 1.29 is 0 Å². The summed E-state index contributed by atoms with van der Waals surface area (Å²) < 4.78 is 0. The Morgan fingerprint density at radius 3 is 2.56 bits per heavy atom. The first-order valence-electron chi connectivity index (χ1n) is 5.95. The van der Waals surface area contributed by atoms with Gasteiger partial charge in [-0.15, -0.1) is 0 Å². The first-order chi connectivity index (χ1) is 7.84. The Morgan fingerprint density at radius 2 is 1.88 bits per heavy atom. The molecule has 0 spiro atoms. The topological polar surface area (TPSA) is 15.3 Å². The van der Waals surface area contributed by atoms with Gasteiger partial charge < -0.3 is 5.32 Å². The fraction of sp³-hybridized carbons (Fsp3) is 0.538. The molecule has 1 fully saturated rings. The smallest absolute Gasteiger partial charge is 0.0340 e. The van der Waals surface area contributed by atoms with Crippen LogP contribution in [0.5, 0.6) is 0 Å². The van der Waals surface area contributed by atoms with Gasteiger partial charge in [0.1, 0.15) is 0 Å². The number of anilines is 1. The second kappa shape index (κ2) is 6.16. The Bertz CT molecular complexity index is 304. The number of rotatable bonds is 4. The van der Waals surface area contributed by atoms with E-state index in [4.69, 9.17) is 0 Å². The average molecular weight is 236 g/mol. The summed E-state index contributed by atoms with van der Waals surface area (Å²) in [5.41, 5.74) is 2.55. The maximum absolute atomic E-state index is 3.47. The van der Waals surface area contributed by atoms with E-state index in [0.29, 0.717) is 0 Å². The van der Waals surface area contributed by atoms with Crippen LogP contribution in [0.3, 0.4) is 0 Å². The highest BCUT2D eigenvalue weighted by Gasteiger charge is 2.08. The number of nitrogens with one attached hydrogen (secondary N) is 1. The van der Waals surface area contributed by atoms with Crippen LogP contribution in [0.15, 0.2) is 24.3 Å². The monoisotopic (exact) mass is 236 g/mol. The predicted octanol–water partition coefficient (Wildman–Crippen LogP) is 2.46. The minimum Gasteiger partial charge on any atom is -0.384 e. The van der Waals surface area contributed by atoms with Crippen LogP contribution in [0.25, 0.3) is 0 Å². The van der Waals surface area contributed by atoms with E-state index in [1.54, 1.807) is 0 Å². The number of thioether (sulfide) groups is 1. The van der Waals surface area contributed by atoms with Crippen molar-refractivity contribution in [3.05, 3.63) is 29.8 Å². The van der Waals surface area contributed by atoms with Crippen LogP contribution < -0.4 is 5.32 Å². The van der Waals surface area contributed by atoms with Gasteiger partial charge in [-0.3, -0.25) is 4.90 Å². The summed E-state index contributed by atoms with van der Waals surface area (Å²) >= 11 is 2.07. The van der Waals surface area contributed by atoms with Gasteiger partial charge in [-0.05, 0) is 19.1 Å². The van der Waals surface area contributed by atoms with E-state index in [1.165, 1.54) is 35.8 Å². The number of nitrogens with zero attached hydrogens (tertiary/aromatic N) is 1. The molecule has 0 aliphatic carbocycles. The van der Waals surface area contributed by atoms with E-state index in [-0.39, 0.29) is 0 Å². The average Bonchev–Trinajstić information content (AvgIpc) is 2.33. The van der Waals surface area contributed by atoms with Crippen LogP contribution in [-0.4, -0.2) is 42.6 Å². The molecule has 2 nitrogen and oxygen atoms in total. The third-order valence-corrected chi connectivity index (χ3v) is 3.85. The quantitative estimate of drug-likeness (QED) is 0.864. The van der Waals surface area contributed by atoms with Gasteiger partial charge in [0.25, 0.3) is 0 Å².